The molecule has 0 aliphatic rings. The number of hydrogen-bond acceptors (Lipinski definition) is 3. The molecule has 1 aromatic heterocycles. The third kappa shape index (κ3) is 3.41. The van der Waals surface area contributed by atoms with Crippen molar-refractivity contribution in [3.05, 3.63) is 52.1 Å². The molecule has 3 nitrogen and oxygen atoms in total. The summed E-state index contributed by atoms with van der Waals surface area (Å²) in [5, 5.41) is 0. The number of alkyl halides is 3. The van der Waals surface area contributed by atoms with Crippen LogP contribution in [0.1, 0.15) is 11.1 Å². The zero-order chi connectivity index (χ0) is 14.8. The fourth-order valence-electron chi connectivity index (χ4n) is 1.52. The molecular formula is C13H10BrF3N2O. The molecule has 0 aliphatic carbocycles. The molecule has 2 N–H and O–H groups in total. The van der Waals surface area contributed by atoms with E-state index in [0.717, 1.165) is 12.1 Å². The molecule has 0 saturated heterocycles. The van der Waals surface area contributed by atoms with Gasteiger partial charge >= 0.3 is 6.18 Å². The van der Waals surface area contributed by atoms with E-state index in [9.17, 15) is 13.2 Å². The van der Waals surface area contributed by atoms with Crippen molar-refractivity contribution in [3.63, 3.8) is 0 Å². The zero-order valence-corrected chi connectivity index (χ0v) is 11.7. The summed E-state index contributed by atoms with van der Waals surface area (Å²) in [4.78, 5) is 3.85. The van der Waals surface area contributed by atoms with E-state index >= 15 is 0 Å². The number of aromatic nitrogens is 1. The van der Waals surface area contributed by atoms with E-state index in [2.05, 4.69) is 20.9 Å². The molecule has 0 bridgehead atoms. The van der Waals surface area contributed by atoms with E-state index in [-0.39, 0.29) is 12.4 Å². The van der Waals surface area contributed by atoms with Gasteiger partial charge in [0.1, 0.15) is 6.61 Å². The number of ether oxygens (including phenoxy) is 1. The minimum Gasteiger partial charge on any atom is -0.485 e. The number of benzene rings is 1. The number of rotatable bonds is 3. The molecule has 0 fully saturated rings. The minimum atomic E-state index is -4.37. The van der Waals surface area contributed by atoms with Crippen LogP contribution in [0.4, 0.5) is 19.0 Å². The fraction of sp³-hybridized carbons (Fsp3) is 0.154. The Balaban J connectivity index is 2.13. The van der Waals surface area contributed by atoms with Crippen LogP contribution in [0.5, 0.6) is 5.75 Å². The van der Waals surface area contributed by atoms with E-state index in [0.29, 0.717) is 15.8 Å². The Kier molecular flexibility index (Phi) is 4.17. The predicted octanol–water partition coefficient (Wildman–Crippen LogP) is 4.02. The first-order valence-corrected chi connectivity index (χ1v) is 6.36. The number of hydrogen-bond donors (Lipinski definition) is 1. The van der Waals surface area contributed by atoms with E-state index in [1.165, 1.54) is 12.3 Å². The summed E-state index contributed by atoms with van der Waals surface area (Å²) in [6, 6.07) is 6.69. The molecule has 0 atom stereocenters. The second-order valence-electron chi connectivity index (χ2n) is 3.98. The molecule has 0 unspecified atom stereocenters. The van der Waals surface area contributed by atoms with E-state index in [1.807, 2.05) is 0 Å². The van der Waals surface area contributed by atoms with Crippen molar-refractivity contribution in [3.8, 4) is 5.75 Å². The molecule has 20 heavy (non-hydrogen) atoms. The number of pyridine rings is 1. The van der Waals surface area contributed by atoms with Crippen LogP contribution in [0.15, 0.2) is 41.0 Å². The van der Waals surface area contributed by atoms with Crippen molar-refractivity contribution in [2.24, 2.45) is 0 Å². The van der Waals surface area contributed by atoms with Gasteiger partial charge in [-0.1, -0.05) is 22.0 Å². The van der Waals surface area contributed by atoms with Crippen LogP contribution >= 0.6 is 15.9 Å². The molecule has 0 aliphatic heterocycles. The van der Waals surface area contributed by atoms with Crippen LogP contribution < -0.4 is 10.5 Å². The topological polar surface area (TPSA) is 48.1 Å². The highest BCUT2D eigenvalue weighted by Gasteiger charge is 2.30. The molecular weight excluding hydrogens is 337 g/mol. The molecule has 0 spiro atoms. The van der Waals surface area contributed by atoms with Crippen molar-refractivity contribution < 1.29 is 17.9 Å². The quantitative estimate of drug-likeness (QED) is 0.912. The van der Waals surface area contributed by atoms with Crippen LogP contribution in [-0.4, -0.2) is 4.98 Å². The van der Waals surface area contributed by atoms with Gasteiger partial charge in [-0.25, -0.2) is 4.98 Å². The van der Waals surface area contributed by atoms with Crippen molar-refractivity contribution >= 4 is 21.7 Å². The lowest BCUT2D eigenvalue weighted by atomic mass is 10.1. The molecule has 1 aromatic carbocycles. The van der Waals surface area contributed by atoms with Crippen LogP contribution in [-0.2, 0) is 12.8 Å². The smallest absolute Gasteiger partial charge is 0.416 e. The lowest BCUT2D eigenvalue weighted by Crippen LogP contribution is -2.06. The molecule has 106 valence electrons. The minimum absolute atomic E-state index is 0.0919. The first kappa shape index (κ1) is 14.6. The van der Waals surface area contributed by atoms with Gasteiger partial charge in [-0.05, 0) is 24.3 Å². The van der Waals surface area contributed by atoms with Gasteiger partial charge in [-0.15, -0.1) is 0 Å². The zero-order valence-electron chi connectivity index (χ0n) is 10.1. The van der Waals surface area contributed by atoms with E-state index in [1.54, 1.807) is 12.1 Å². The van der Waals surface area contributed by atoms with Crippen molar-refractivity contribution in [2.75, 3.05) is 5.73 Å². The summed E-state index contributed by atoms with van der Waals surface area (Å²) in [6.45, 7) is 0.0919. The number of nitrogens with two attached hydrogens (primary N) is 1. The Bertz CT molecular complexity index is 617. The standard InChI is InChI=1S/C13H10BrF3N2O/c14-10-6-9(13(15,16)17)4-3-8(10)7-20-11-2-1-5-19-12(11)18/h1-6H,7H2,(H2,18,19). The van der Waals surface area contributed by atoms with Gasteiger partial charge in [0.25, 0.3) is 0 Å². The summed E-state index contributed by atoms with van der Waals surface area (Å²) in [5.74, 6) is 0.620. The van der Waals surface area contributed by atoms with Gasteiger partial charge in [-0.2, -0.15) is 13.2 Å². The monoisotopic (exact) mass is 346 g/mol. The largest absolute Gasteiger partial charge is 0.485 e. The summed E-state index contributed by atoms with van der Waals surface area (Å²) in [6.07, 6.45) is -2.84. The van der Waals surface area contributed by atoms with Crippen LogP contribution in [0.2, 0.25) is 0 Å². The van der Waals surface area contributed by atoms with Gasteiger partial charge in [-0.3, -0.25) is 0 Å². The van der Waals surface area contributed by atoms with Crippen molar-refractivity contribution in [1.82, 2.24) is 4.98 Å². The van der Waals surface area contributed by atoms with Gasteiger partial charge in [0, 0.05) is 16.2 Å². The molecule has 0 amide bonds. The summed E-state index contributed by atoms with van der Waals surface area (Å²) in [7, 11) is 0. The second-order valence-corrected chi connectivity index (χ2v) is 4.83. The molecule has 0 saturated carbocycles. The summed E-state index contributed by atoms with van der Waals surface area (Å²) in [5.41, 5.74) is 5.48. The Morgan fingerprint density at radius 3 is 2.60 bits per heavy atom. The Morgan fingerprint density at radius 2 is 2.00 bits per heavy atom. The third-order valence-electron chi connectivity index (χ3n) is 2.56. The van der Waals surface area contributed by atoms with Crippen LogP contribution in [0.3, 0.4) is 0 Å². The van der Waals surface area contributed by atoms with Gasteiger partial charge < -0.3 is 10.5 Å². The summed E-state index contributed by atoms with van der Waals surface area (Å²) >= 11 is 3.10. The van der Waals surface area contributed by atoms with E-state index < -0.39 is 11.7 Å². The molecule has 2 aromatic rings. The third-order valence-corrected chi connectivity index (χ3v) is 3.30. The normalized spacial score (nSPS) is 11.4. The van der Waals surface area contributed by atoms with Gasteiger partial charge in [0.2, 0.25) is 0 Å². The average Bonchev–Trinajstić information content (AvgIpc) is 2.38. The molecule has 2 rings (SSSR count). The van der Waals surface area contributed by atoms with Crippen LogP contribution in [0.25, 0.3) is 0 Å². The Morgan fingerprint density at radius 1 is 1.25 bits per heavy atom. The SMILES string of the molecule is Nc1ncccc1OCc1ccc(C(F)(F)F)cc1Br. The predicted molar refractivity (Wildman–Crippen MR) is 72.1 cm³/mol. The second kappa shape index (κ2) is 5.70. The number of nitrogens with zero attached hydrogens (tertiary/aromatic N) is 1. The maximum absolute atomic E-state index is 12.5. The lowest BCUT2D eigenvalue weighted by Gasteiger charge is -2.11. The number of halogens is 4. The van der Waals surface area contributed by atoms with Crippen LogP contribution in [0, 0.1) is 0 Å². The highest BCUT2D eigenvalue weighted by atomic mass is 79.9. The number of anilines is 1. The molecule has 7 heteroatoms. The van der Waals surface area contributed by atoms with Crippen molar-refractivity contribution in [1.29, 1.82) is 0 Å². The first-order valence-electron chi connectivity index (χ1n) is 5.57. The van der Waals surface area contributed by atoms with Gasteiger partial charge in [0.05, 0.1) is 5.56 Å². The van der Waals surface area contributed by atoms with E-state index in [4.69, 9.17) is 10.5 Å². The fourth-order valence-corrected chi connectivity index (χ4v) is 2.01. The maximum Gasteiger partial charge on any atom is 0.416 e. The molecule has 1 heterocycles. The van der Waals surface area contributed by atoms with Crippen molar-refractivity contribution in [2.45, 2.75) is 12.8 Å². The van der Waals surface area contributed by atoms with Gasteiger partial charge in [0.15, 0.2) is 11.6 Å². The maximum atomic E-state index is 12.5. The average molecular weight is 347 g/mol. The highest BCUT2D eigenvalue weighted by molar-refractivity contribution is 9.10. The Labute approximate surface area is 121 Å². The lowest BCUT2D eigenvalue weighted by molar-refractivity contribution is -0.137. The Hall–Kier alpha value is -1.76. The summed E-state index contributed by atoms with van der Waals surface area (Å²) < 4.78 is 43.3. The molecule has 0 radical (unpaired) electrons. The number of nitrogen functional groups attached to an aromatic ring is 1. The first-order chi connectivity index (χ1) is 9.38. The highest BCUT2D eigenvalue weighted by Crippen LogP contribution is 2.32.